The number of thioether (sulfide) groups is 1. The molecule has 1 aromatic heterocycles. The molecule has 140 valence electrons. The minimum absolute atomic E-state index is 0.768. The molecule has 0 amide bonds. The Bertz CT molecular complexity index is 1420. The van der Waals surface area contributed by atoms with Crippen LogP contribution in [0.1, 0.15) is 11.1 Å². The van der Waals surface area contributed by atoms with Crippen molar-refractivity contribution in [1.82, 2.24) is 4.98 Å². The first-order chi connectivity index (χ1) is 14.3. The molecule has 1 aliphatic rings. The van der Waals surface area contributed by atoms with Crippen molar-refractivity contribution in [3.8, 4) is 11.3 Å². The van der Waals surface area contributed by atoms with Crippen LogP contribution in [0.4, 0.5) is 0 Å². The summed E-state index contributed by atoms with van der Waals surface area (Å²) in [6, 6.07) is 25.7. The molecule has 0 atom stereocenters. The van der Waals surface area contributed by atoms with Crippen LogP contribution in [0.3, 0.4) is 0 Å². The minimum Gasteiger partial charge on any atom is -0.247 e. The van der Waals surface area contributed by atoms with Crippen LogP contribution in [0, 0.1) is 0 Å². The summed E-state index contributed by atoms with van der Waals surface area (Å²) in [6.07, 6.45) is 1.07. The van der Waals surface area contributed by atoms with Gasteiger partial charge >= 0.3 is 0 Å². The average molecular weight is 412 g/mol. The third-order valence-electron chi connectivity index (χ3n) is 5.92. The van der Waals surface area contributed by atoms with E-state index in [1.54, 1.807) is 0 Å². The molecule has 1 aliphatic heterocycles. The fraction of sp³-hybridized carbons (Fsp3) is 0.115. The largest absolute Gasteiger partial charge is 0.247 e. The third kappa shape index (κ3) is 2.74. The molecule has 6 rings (SSSR count). The van der Waals surface area contributed by atoms with Crippen LogP contribution in [0.2, 0.25) is 5.02 Å². The lowest BCUT2D eigenvalue weighted by Crippen LogP contribution is -2.08. The molecule has 0 bridgehead atoms. The second-order valence-electron chi connectivity index (χ2n) is 7.58. The normalized spacial score (nSPS) is 13.8. The zero-order chi connectivity index (χ0) is 19.4. The second kappa shape index (κ2) is 6.76. The predicted octanol–water partition coefficient (Wildman–Crippen LogP) is 7.65. The predicted molar refractivity (Wildman–Crippen MR) is 127 cm³/mol. The molecular weight excluding hydrogens is 394 g/mol. The van der Waals surface area contributed by atoms with Crippen LogP contribution in [0.5, 0.6) is 0 Å². The van der Waals surface area contributed by atoms with Gasteiger partial charge < -0.3 is 0 Å². The number of fused-ring (bicyclic) bond motifs is 6. The highest BCUT2D eigenvalue weighted by atomic mass is 35.5. The molecule has 0 N–H and O–H groups in total. The summed E-state index contributed by atoms with van der Waals surface area (Å²) < 4.78 is 0. The Kier molecular flexibility index (Phi) is 4.04. The van der Waals surface area contributed by atoms with E-state index in [1.807, 2.05) is 30.0 Å². The maximum atomic E-state index is 6.57. The number of aromatic nitrogens is 1. The summed E-state index contributed by atoms with van der Waals surface area (Å²) in [5.74, 6) is 2.14. The van der Waals surface area contributed by atoms with E-state index in [-0.39, 0.29) is 0 Å². The first kappa shape index (κ1) is 17.3. The first-order valence-electron chi connectivity index (χ1n) is 9.89. The van der Waals surface area contributed by atoms with Gasteiger partial charge in [0, 0.05) is 21.7 Å². The van der Waals surface area contributed by atoms with Gasteiger partial charge in [-0.2, -0.15) is 11.8 Å². The number of pyridine rings is 1. The van der Waals surface area contributed by atoms with E-state index in [9.17, 15) is 0 Å². The van der Waals surface area contributed by atoms with Crippen molar-refractivity contribution in [2.45, 2.75) is 12.2 Å². The number of rotatable bonds is 1. The maximum Gasteiger partial charge on any atom is 0.0767 e. The molecule has 0 spiro atoms. The number of nitrogens with zero attached hydrogens (tertiary/aromatic N) is 1. The summed E-state index contributed by atoms with van der Waals surface area (Å²) in [7, 11) is 0. The zero-order valence-corrected chi connectivity index (χ0v) is 17.4. The number of aryl methyl sites for hydroxylation is 1. The highest BCUT2D eigenvalue weighted by molar-refractivity contribution is 7.98. The van der Waals surface area contributed by atoms with Crippen molar-refractivity contribution in [3.05, 3.63) is 88.9 Å². The minimum atomic E-state index is 0.768. The Morgan fingerprint density at radius 1 is 0.793 bits per heavy atom. The van der Waals surface area contributed by atoms with Crippen LogP contribution < -0.4 is 0 Å². The monoisotopic (exact) mass is 411 g/mol. The van der Waals surface area contributed by atoms with Crippen molar-refractivity contribution in [3.63, 3.8) is 0 Å². The van der Waals surface area contributed by atoms with Gasteiger partial charge in [0.25, 0.3) is 0 Å². The Morgan fingerprint density at radius 2 is 1.59 bits per heavy atom. The molecule has 0 aliphatic carbocycles. The highest BCUT2D eigenvalue weighted by Crippen LogP contribution is 2.41. The van der Waals surface area contributed by atoms with Gasteiger partial charge in [0.05, 0.1) is 11.2 Å². The third-order valence-corrected chi connectivity index (χ3v) is 7.24. The summed E-state index contributed by atoms with van der Waals surface area (Å²) in [5.41, 5.74) is 5.94. The smallest absolute Gasteiger partial charge is 0.0767 e. The van der Waals surface area contributed by atoms with E-state index in [0.29, 0.717) is 0 Å². The molecule has 0 fully saturated rings. The second-order valence-corrected chi connectivity index (χ2v) is 9.09. The Morgan fingerprint density at radius 3 is 2.45 bits per heavy atom. The van der Waals surface area contributed by atoms with Crippen molar-refractivity contribution in [2.75, 3.05) is 5.75 Å². The summed E-state index contributed by atoms with van der Waals surface area (Å²) in [4.78, 5) is 5.15. The Hall–Kier alpha value is -2.55. The summed E-state index contributed by atoms with van der Waals surface area (Å²) in [5, 5.41) is 7.24. The van der Waals surface area contributed by atoms with E-state index in [0.717, 1.165) is 39.7 Å². The van der Waals surface area contributed by atoms with Crippen LogP contribution in [-0.4, -0.2) is 10.7 Å². The molecule has 4 aromatic carbocycles. The highest BCUT2D eigenvalue weighted by Gasteiger charge is 2.22. The van der Waals surface area contributed by atoms with Gasteiger partial charge in [-0.15, -0.1) is 0 Å². The van der Waals surface area contributed by atoms with Crippen LogP contribution >= 0.6 is 23.4 Å². The van der Waals surface area contributed by atoms with Gasteiger partial charge in [-0.05, 0) is 69.1 Å². The number of benzene rings is 4. The summed E-state index contributed by atoms with van der Waals surface area (Å²) in [6.45, 7) is 0. The van der Waals surface area contributed by atoms with Crippen molar-refractivity contribution in [2.24, 2.45) is 0 Å². The fourth-order valence-electron chi connectivity index (χ4n) is 4.55. The molecule has 5 aromatic rings. The molecule has 1 nitrogen and oxygen atoms in total. The summed E-state index contributed by atoms with van der Waals surface area (Å²) >= 11 is 8.55. The van der Waals surface area contributed by atoms with E-state index < -0.39 is 0 Å². The lowest BCUT2D eigenvalue weighted by Gasteiger charge is -2.22. The number of hydrogen-bond donors (Lipinski definition) is 0. The van der Waals surface area contributed by atoms with E-state index >= 15 is 0 Å². The average Bonchev–Trinajstić information content (AvgIpc) is 2.77. The van der Waals surface area contributed by atoms with Gasteiger partial charge in [0.2, 0.25) is 0 Å². The molecule has 0 saturated heterocycles. The standard InChI is InChI=1S/C26H18ClNS/c27-23-8-4-3-7-20(23)26-22-15-29-12-11-19(22)25-21-14-17-6-2-1-5-16(17)13-18(21)9-10-24(25)28-26/h1-10,13-14H,11-12,15H2. The molecule has 0 unspecified atom stereocenters. The van der Waals surface area contributed by atoms with E-state index in [2.05, 4.69) is 54.6 Å². The topological polar surface area (TPSA) is 12.9 Å². The molecular formula is C26H18ClNS. The lowest BCUT2D eigenvalue weighted by atomic mass is 9.91. The Balaban J connectivity index is 1.75. The number of halogens is 1. The van der Waals surface area contributed by atoms with E-state index in [1.165, 1.54) is 38.1 Å². The van der Waals surface area contributed by atoms with Crippen LogP contribution in [-0.2, 0) is 12.2 Å². The molecule has 0 saturated carbocycles. The Labute approximate surface area is 178 Å². The van der Waals surface area contributed by atoms with Gasteiger partial charge in [0.1, 0.15) is 0 Å². The quantitative estimate of drug-likeness (QED) is 0.207. The van der Waals surface area contributed by atoms with Crippen LogP contribution in [0.25, 0.3) is 43.7 Å². The van der Waals surface area contributed by atoms with Gasteiger partial charge in [-0.1, -0.05) is 60.1 Å². The number of hydrogen-bond acceptors (Lipinski definition) is 2. The SMILES string of the molecule is Clc1ccccc1-c1nc2ccc3cc4ccccc4cc3c2c2c1CSCC2. The molecule has 2 heterocycles. The fourth-order valence-corrected chi connectivity index (χ4v) is 5.78. The first-order valence-corrected chi connectivity index (χ1v) is 11.4. The van der Waals surface area contributed by atoms with Crippen molar-refractivity contribution >= 4 is 55.8 Å². The lowest BCUT2D eigenvalue weighted by molar-refractivity contribution is 1.09. The van der Waals surface area contributed by atoms with Crippen molar-refractivity contribution in [1.29, 1.82) is 0 Å². The molecule has 29 heavy (non-hydrogen) atoms. The molecule has 3 heteroatoms. The van der Waals surface area contributed by atoms with Gasteiger partial charge in [-0.3, -0.25) is 0 Å². The van der Waals surface area contributed by atoms with Gasteiger partial charge in [-0.25, -0.2) is 4.98 Å². The van der Waals surface area contributed by atoms with Crippen molar-refractivity contribution < 1.29 is 0 Å². The van der Waals surface area contributed by atoms with Gasteiger partial charge in [0.15, 0.2) is 0 Å². The zero-order valence-electron chi connectivity index (χ0n) is 15.8. The van der Waals surface area contributed by atoms with Crippen LogP contribution in [0.15, 0.2) is 72.8 Å². The maximum absolute atomic E-state index is 6.57. The van der Waals surface area contributed by atoms with E-state index in [4.69, 9.17) is 16.6 Å². The molecule has 0 radical (unpaired) electrons.